The van der Waals surface area contributed by atoms with Crippen molar-refractivity contribution in [3.63, 3.8) is 0 Å². The van der Waals surface area contributed by atoms with Gasteiger partial charge in [0.2, 0.25) is 0 Å². The molecule has 3 aromatic rings. The van der Waals surface area contributed by atoms with Gasteiger partial charge in [0.25, 0.3) is 0 Å². The minimum absolute atomic E-state index is 0.0278. The van der Waals surface area contributed by atoms with Crippen LogP contribution in [0, 0.1) is 19.8 Å². The fourth-order valence-electron chi connectivity index (χ4n) is 4.26. The fourth-order valence-corrected chi connectivity index (χ4v) is 4.58. The molecule has 1 N–H and O–H groups in total. The first-order valence-electron chi connectivity index (χ1n) is 10.1. The van der Waals surface area contributed by atoms with Crippen molar-refractivity contribution in [2.75, 3.05) is 6.54 Å². The Morgan fingerprint density at radius 2 is 2.03 bits per heavy atom. The van der Waals surface area contributed by atoms with Crippen molar-refractivity contribution in [2.45, 2.75) is 46.3 Å². The predicted octanol–water partition coefficient (Wildman–Crippen LogP) is 4.77. The van der Waals surface area contributed by atoms with Crippen molar-refractivity contribution in [1.29, 1.82) is 0 Å². The molecule has 1 aliphatic heterocycles. The molecule has 0 amide bonds. The van der Waals surface area contributed by atoms with Crippen LogP contribution in [0.25, 0.3) is 0 Å². The van der Waals surface area contributed by atoms with Gasteiger partial charge in [-0.25, -0.2) is 0 Å². The van der Waals surface area contributed by atoms with E-state index in [9.17, 15) is 0 Å². The van der Waals surface area contributed by atoms with Crippen molar-refractivity contribution < 1.29 is 4.42 Å². The molecule has 0 aromatic carbocycles. The fraction of sp³-hybridized carbons (Fsp3) is 0.391. The van der Waals surface area contributed by atoms with Gasteiger partial charge in [0.1, 0.15) is 5.76 Å². The number of nitrogens with one attached hydrogen (secondary N) is 1. The Balaban J connectivity index is 1.76. The number of nitrogens with zero attached hydrogens (tertiary/aromatic N) is 3. The lowest BCUT2D eigenvalue weighted by Gasteiger charge is -2.29. The van der Waals surface area contributed by atoms with Crippen LogP contribution in [-0.2, 0) is 6.54 Å². The minimum atomic E-state index is 0.0278. The first-order chi connectivity index (χ1) is 14.0. The Labute approximate surface area is 177 Å². The molecule has 29 heavy (non-hydrogen) atoms. The summed E-state index contributed by atoms with van der Waals surface area (Å²) in [6, 6.07) is 12.5. The number of hydrogen-bond acceptors (Lipinski definition) is 3. The normalized spacial score (nSPS) is 19.2. The van der Waals surface area contributed by atoms with E-state index in [4.69, 9.17) is 16.6 Å². The van der Waals surface area contributed by atoms with Crippen LogP contribution in [-0.4, -0.2) is 26.1 Å². The topological polar surface area (TPSA) is 46.2 Å². The Hall–Kier alpha value is -2.60. The van der Waals surface area contributed by atoms with E-state index in [0.717, 1.165) is 29.7 Å². The molecule has 4 heterocycles. The zero-order valence-corrected chi connectivity index (χ0v) is 18.2. The molecule has 5 nitrogen and oxygen atoms in total. The third-order valence-corrected chi connectivity index (χ3v) is 5.94. The number of thiocarbonyl (C=S) groups is 1. The maximum atomic E-state index is 5.75. The van der Waals surface area contributed by atoms with Crippen LogP contribution in [0.3, 0.4) is 0 Å². The maximum absolute atomic E-state index is 5.75. The molecular weight excluding hydrogens is 380 g/mol. The lowest BCUT2D eigenvalue weighted by molar-refractivity contribution is 0.286. The van der Waals surface area contributed by atoms with Crippen LogP contribution < -0.4 is 5.32 Å². The predicted molar refractivity (Wildman–Crippen MR) is 119 cm³/mol. The van der Waals surface area contributed by atoms with Crippen molar-refractivity contribution in [3.05, 3.63) is 77.3 Å². The van der Waals surface area contributed by atoms with Gasteiger partial charge in [-0.15, -0.1) is 0 Å². The number of rotatable bonds is 6. The second-order valence-electron chi connectivity index (χ2n) is 8.16. The molecule has 0 radical (unpaired) electrons. The molecule has 0 aliphatic carbocycles. The van der Waals surface area contributed by atoms with E-state index in [1.807, 2.05) is 30.5 Å². The Kier molecular flexibility index (Phi) is 5.46. The van der Waals surface area contributed by atoms with Gasteiger partial charge < -0.3 is 19.2 Å². The second kappa shape index (κ2) is 8.03. The molecule has 0 spiro atoms. The highest BCUT2D eigenvalue weighted by Gasteiger charge is 2.41. The van der Waals surface area contributed by atoms with Gasteiger partial charge in [-0.3, -0.25) is 4.98 Å². The summed E-state index contributed by atoms with van der Waals surface area (Å²) < 4.78 is 7.91. The first-order valence-corrected chi connectivity index (χ1v) is 10.5. The number of hydrogen-bond donors (Lipinski definition) is 1. The van der Waals surface area contributed by atoms with Crippen LogP contribution in [0.15, 0.2) is 53.3 Å². The van der Waals surface area contributed by atoms with Gasteiger partial charge >= 0.3 is 0 Å². The smallest absolute Gasteiger partial charge is 0.170 e. The highest BCUT2D eigenvalue weighted by Crippen LogP contribution is 2.41. The summed E-state index contributed by atoms with van der Waals surface area (Å²) in [5.41, 5.74) is 4.76. The van der Waals surface area contributed by atoms with Crippen molar-refractivity contribution >= 4 is 17.3 Å². The van der Waals surface area contributed by atoms with E-state index in [1.54, 1.807) is 6.26 Å². The van der Waals surface area contributed by atoms with E-state index in [-0.39, 0.29) is 12.1 Å². The quantitative estimate of drug-likeness (QED) is 0.595. The highest BCUT2D eigenvalue weighted by atomic mass is 32.1. The molecule has 152 valence electrons. The van der Waals surface area contributed by atoms with Crippen molar-refractivity contribution in [1.82, 2.24) is 19.8 Å². The molecule has 3 aromatic heterocycles. The molecule has 6 heteroatoms. The number of aryl methyl sites for hydroxylation is 1. The van der Waals surface area contributed by atoms with Gasteiger partial charge in [0.05, 0.1) is 30.6 Å². The van der Waals surface area contributed by atoms with E-state index >= 15 is 0 Å². The summed E-state index contributed by atoms with van der Waals surface area (Å²) in [5.74, 6) is 1.46. The van der Waals surface area contributed by atoms with Gasteiger partial charge in [0, 0.05) is 24.1 Å². The zero-order chi connectivity index (χ0) is 20.5. The SMILES string of the molecule is Cc1cc(C2C(c3ccccn3)NC(=S)N2CC(C)C)c(C)n1Cc1ccco1. The van der Waals surface area contributed by atoms with Gasteiger partial charge in [-0.1, -0.05) is 19.9 Å². The molecule has 1 aliphatic rings. The average Bonchev–Trinajstić information content (AvgIpc) is 3.38. The molecule has 4 rings (SSSR count). The number of pyridine rings is 1. The van der Waals surface area contributed by atoms with Crippen molar-refractivity contribution in [3.8, 4) is 0 Å². The molecule has 0 bridgehead atoms. The summed E-state index contributed by atoms with van der Waals surface area (Å²) in [5, 5.41) is 4.34. The van der Waals surface area contributed by atoms with Crippen LogP contribution in [0.4, 0.5) is 0 Å². The Morgan fingerprint density at radius 3 is 2.69 bits per heavy atom. The lowest BCUT2D eigenvalue weighted by atomic mass is 9.96. The maximum Gasteiger partial charge on any atom is 0.170 e. The Morgan fingerprint density at radius 1 is 1.21 bits per heavy atom. The minimum Gasteiger partial charge on any atom is -0.467 e. The van der Waals surface area contributed by atoms with E-state index in [1.165, 1.54) is 17.0 Å². The standard InChI is InChI=1S/C23H28N4OS/c1-15(2)13-27-22(21(25-23(27)29)20-9-5-6-10-24-20)19-12-16(3)26(17(19)4)14-18-8-7-11-28-18/h5-12,15,21-22H,13-14H2,1-4H3,(H,25,29). The average molecular weight is 409 g/mol. The Bertz CT molecular complexity index is 978. The molecule has 2 atom stereocenters. The third kappa shape index (κ3) is 3.81. The van der Waals surface area contributed by atoms with Crippen LogP contribution in [0.5, 0.6) is 0 Å². The van der Waals surface area contributed by atoms with Crippen LogP contribution in [0.1, 0.15) is 54.3 Å². The van der Waals surface area contributed by atoms with Gasteiger partial charge in [0.15, 0.2) is 5.11 Å². The van der Waals surface area contributed by atoms with E-state index in [2.05, 4.69) is 59.6 Å². The second-order valence-corrected chi connectivity index (χ2v) is 8.55. The summed E-state index contributed by atoms with van der Waals surface area (Å²) in [4.78, 5) is 6.97. The molecular formula is C23H28N4OS. The summed E-state index contributed by atoms with van der Waals surface area (Å²) >= 11 is 5.75. The van der Waals surface area contributed by atoms with E-state index < -0.39 is 0 Å². The molecule has 1 saturated heterocycles. The molecule has 0 saturated carbocycles. The van der Waals surface area contributed by atoms with Gasteiger partial charge in [-0.05, 0) is 67.9 Å². The van der Waals surface area contributed by atoms with E-state index in [0.29, 0.717) is 5.92 Å². The van der Waals surface area contributed by atoms with Crippen molar-refractivity contribution in [2.24, 2.45) is 5.92 Å². The van der Waals surface area contributed by atoms with Gasteiger partial charge in [-0.2, -0.15) is 0 Å². The van der Waals surface area contributed by atoms with Crippen LogP contribution in [0.2, 0.25) is 0 Å². The summed E-state index contributed by atoms with van der Waals surface area (Å²) in [6.07, 6.45) is 3.58. The molecule has 1 fully saturated rings. The lowest BCUT2D eigenvalue weighted by Crippen LogP contribution is -2.33. The number of aromatic nitrogens is 2. The monoisotopic (exact) mass is 408 g/mol. The highest BCUT2D eigenvalue weighted by molar-refractivity contribution is 7.80. The van der Waals surface area contributed by atoms with Crippen LogP contribution >= 0.6 is 12.2 Å². The third-order valence-electron chi connectivity index (χ3n) is 5.59. The molecule has 2 unspecified atom stereocenters. The largest absolute Gasteiger partial charge is 0.467 e. The number of furan rings is 1. The first kappa shape index (κ1) is 19.7. The zero-order valence-electron chi connectivity index (χ0n) is 17.4. The summed E-state index contributed by atoms with van der Waals surface area (Å²) in [6.45, 7) is 10.4. The summed E-state index contributed by atoms with van der Waals surface area (Å²) in [7, 11) is 0.